The molecule has 2 heterocycles. The van der Waals surface area contributed by atoms with Crippen molar-refractivity contribution in [3.8, 4) is 0 Å². The van der Waals surface area contributed by atoms with Gasteiger partial charge in [-0.3, -0.25) is 4.79 Å². The Morgan fingerprint density at radius 3 is 1.78 bits per heavy atom. The Hall–Kier alpha value is -0.679. The lowest BCUT2D eigenvalue weighted by Crippen LogP contribution is -2.63. The van der Waals surface area contributed by atoms with Gasteiger partial charge in [-0.05, 0) is 66.9 Å². The summed E-state index contributed by atoms with van der Waals surface area (Å²) in [5, 5.41) is -0.0931. The Kier molecular flexibility index (Phi) is 14.0. The van der Waals surface area contributed by atoms with Crippen LogP contribution in [-0.2, 0) is 41.8 Å². The SMILES string of the molecule is COC[C@H]1[C@@H](O[Si](C)(C)C(C)(C)C)[C@@H]2O[C@@]34/C(C)=C/[C@@H](C)[C@@H]([C@H](COC)O[Si](C)(C)C(C)(C)C)OC(=O)[C@H](COC)[C@H]3C=C[C@@H]2[C@H]4[C@@H]1O[Si](C)(C)C(C)(C)C. The van der Waals surface area contributed by atoms with Crippen molar-refractivity contribution < 1.29 is 41.8 Å². The molecule has 2 aliphatic carbocycles. The molecule has 0 N–H and O–H groups in total. The molecule has 0 aromatic carbocycles. The highest BCUT2D eigenvalue weighted by Crippen LogP contribution is 2.64. The maximum atomic E-state index is 14.9. The van der Waals surface area contributed by atoms with Gasteiger partial charge in [0.25, 0.3) is 0 Å². The van der Waals surface area contributed by atoms with Gasteiger partial charge in [-0.25, -0.2) is 0 Å². The second-order valence-electron chi connectivity index (χ2n) is 21.7. The Balaban J connectivity index is 2.00. The smallest absolute Gasteiger partial charge is 0.312 e. The average Bonchev–Trinajstić information content (AvgIpc) is 3.21. The molecule has 1 saturated carbocycles. The third-order valence-electron chi connectivity index (χ3n) is 14.9. The number of carbonyl (C=O) groups excluding carboxylic acids is 1. The van der Waals surface area contributed by atoms with Crippen LogP contribution in [-0.4, -0.2) is 108 Å². The lowest BCUT2D eigenvalue weighted by molar-refractivity contribution is -0.172. The molecule has 12 heteroatoms. The van der Waals surface area contributed by atoms with Gasteiger partial charge in [-0.15, -0.1) is 0 Å². The number of esters is 1. The van der Waals surface area contributed by atoms with Crippen LogP contribution >= 0.6 is 0 Å². The van der Waals surface area contributed by atoms with Gasteiger partial charge in [-0.1, -0.05) is 87.5 Å². The van der Waals surface area contributed by atoms with Crippen LogP contribution in [0.25, 0.3) is 0 Å². The molecule has 1 spiro atoms. The molecule has 2 aliphatic heterocycles. The number of rotatable bonds is 13. The van der Waals surface area contributed by atoms with Crippen molar-refractivity contribution in [2.24, 2.45) is 35.5 Å². The molecule has 0 aromatic rings. The molecule has 12 atom stereocenters. The molecule has 1 saturated heterocycles. The summed E-state index contributed by atoms with van der Waals surface area (Å²) in [5.41, 5.74) is 0.213. The molecule has 318 valence electrons. The lowest BCUT2D eigenvalue weighted by atomic mass is 9.56. The molecule has 4 rings (SSSR count). The highest BCUT2D eigenvalue weighted by molar-refractivity contribution is 6.75. The molecule has 0 radical (unpaired) electrons. The second kappa shape index (κ2) is 16.4. The van der Waals surface area contributed by atoms with Crippen molar-refractivity contribution in [2.75, 3.05) is 41.2 Å². The van der Waals surface area contributed by atoms with Gasteiger partial charge in [-0.2, -0.15) is 0 Å². The minimum absolute atomic E-state index is 0.0153. The molecular weight excluding hydrogens is 745 g/mol. The largest absolute Gasteiger partial charge is 0.459 e. The summed E-state index contributed by atoms with van der Waals surface area (Å²) in [6, 6.07) is 0. The van der Waals surface area contributed by atoms with Crippen LogP contribution in [0.2, 0.25) is 54.4 Å². The van der Waals surface area contributed by atoms with E-state index in [4.69, 9.17) is 37.0 Å². The summed E-state index contributed by atoms with van der Waals surface area (Å²) in [6.45, 7) is 39.6. The predicted molar refractivity (Wildman–Crippen MR) is 229 cm³/mol. The standard InChI is InChI=1S/C43H80O9Si3/c1-27-23-28(2)43-32(30(24-45-12)39(44)48-35(27)33(26-47-14)50-53(15,16)40(3,4)5)22-21-29-34(43)36(51-54(17,18)41(6,7)8)31(25-46-13)38(37(29)49-43)52-55(19,20)42(9,10)11/h21-23,27,29-38H,24-26H2,1-20H3/b28-23+/t27-,29-,30-,31-,32-,33+,34+,35+,36-,37-,38-,43+/m1/s1. The van der Waals surface area contributed by atoms with E-state index in [1.54, 1.807) is 21.3 Å². The van der Waals surface area contributed by atoms with E-state index >= 15 is 0 Å². The first-order chi connectivity index (χ1) is 25.0. The number of carbonyl (C=O) groups is 1. The topological polar surface area (TPSA) is 90.9 Å². The number of methoxy groups -OCH3 is 3. The lowest BCUT2D eigenvalue weighted by Gasteiger charge is -2.54. The van der Waals surface area contributed by atoms with Crippen LogP contribution in [0.15, 0.2) is 23.8 Å². The normalized spacial score (nSPS) is 36.3. The minimum Gasteiger partial charge on any atom is -0.459 e. The Labute approximate surface area is 338 Å². The van der Waals surface area contributed by atoms with Crippen LogP contribution in [0.4, 0.5) is 0 Å². The molecule has 0 amide bonds. The van der Waals surface area contributed by atoms with Crippen LogP contribution in [0, 0.1) is 35.5 Å². The van der Waals surface area contributed by atoms with E-state index in [1.165, 1.54) is 0 Å². The fourth-order valence-corrected chi connectivity index (χ4v) is 12.8. The molecule has 0 unspecified atom stereocenters. The molecule has 4 bridgehead atoms. The minimum atomic E-state index is -2.36. The fraction of sp³-hybridized carbons (Fsp3) is 0.884. The molecule has 4 aliphatic rings. The van der Waals surface area contributed by atoms with E-state index in [1.807, 2.05) is 0 Å². The van der Waals surface area contributed by atoms with Crippen molar-refractivity contribution in [1.82, 2.24) is 0 Å². The Morgan fingerprint density at radius 2 is 1.29 bits per heavy atom. The number of hydrogen-bond donors (Lipinski definition) is 0. The maximum absolute atomic E-state index is 14.9. The van der Waals surface area contributed by atoms with Crippen molar-refractivity contribution in [1.29, 1.82) is 0 Å². The second-order valence-corrected chi connectivity index (χ2v) is 36.0. The van der Waals surface area contributed by atoms with E-state index in [0.717, 1.165) is 5.57 Å². The van der Waals surface area contributed by atoms with Crippen LogP contribution in [0.3, 0.4) is 0 Å². The van der Waals surface area contributed by atoms with Gasteiger partial charge in [0.15, 0.2) is 25.0 Å². The van der Waals surface area contributed by atoms with Crippen molar-refractivity contribution in [3.63, 3.8) is 0 Å². The molecule has 0 aromatic heterocycles. The third-order valence-corrected chi connectivity index (χ3v) is 28.4. The van der Waals surface area contributed by atoms with Crippen LogP contribution in [0.5, 0.6) is 0 Å². The summed E-state index contributed by atoms with van der Waals surface area (Å²) >= 11 is 0. The number of cyclic esters (lactones) is 1. The zero-order chi connectivity index (χ0) is 41.9. The quantitative estimate of drug-likeness (QED) is 0.102. The van der Waals surface area contributed by atoms with Gasteiger partial charge < -0.3 is 37.0 Å². The highest BCUT2D eigenvalue weighted by atomic mass is 28.4. The summed E-state index contributed by atoms with van der Waals surface area (Å²) in [6.07, 6.45) is 5.05. The first-order valence-corrected chi connectivity index (χ1v) is 29.5. The monoisotopic (exact) mass is 825 g/mol. The summed E-state index contributed by atoms with van der Waals surface area (Å²) < 4.78 is 54.5. The zero-order valence-electron chi connectivity index (χ0n) is 38.4. The first-order valence-electron chi connectivity index (χ1n) is 20.8. The van der Waals surface area contributed by atoms with Gasteiger partial charge in [0.05, 0.1) is 44.1 Å². The first kappa shape index (κ1) is 47.0. The van der Waals surface area contributed by atoms with Crippen molar-refractivity contribution >= 4 is 30.9 Å². The third kappa shape index (κ3) is 8.80. The maximum Gasteiger partial charge on any atom is 0.312 e. The van der Waals surface area contributed by atoms with E-state index in [0.29, 0.717) is 13.2 Å². The fourth-order valence-electron chi connectivity index (χ4n) is 8.80. The van der Waals surface area contributed by atoms with Gasteiger partial charge in [0.2, 0.25) is 0 Å². The number of ether oxygens (including phenoxy) is 5. The van der Waals surface area contributed by atoms with Gasteiger partial charge >= 0.3 is 5.97 Å². The summed E-state index contributed by atoms with van der Waals surface area (Å²) in [5.74, 6) is -1.65. The Morgan fingerprint density at radius 1 is 0.764 bits per heavy atom. The van der Waals surface area contributed by atoms with Crippen molar-refractivity contribution in [2.45, 2.75) is 167 Å². The van der Waals surface area contributed by atoms with Crippen LogP contribution in [0.1, 0.15) is 76.2 Å². The molecular formula is C43H80O9Si3. The molecule has 2 fully saturated rings. The number of hydrogen-bond acceptors (Lipinski definition) is 9. The van der Waals surface area contributed by atoms with E-state index in [2.05, 4.69) is 134 Å². The highest BCUT2D eigenvalue weighted by Gasteiger charge is 2.72. The van der Waals surface area contributed by atoms with Gasteiger partial charge in [0, 0.05) is 50.9 Å². The zero-order valence-corrected chi connectivity index (χ0v) is 41.4. The van der Waals surface area contributed by atoms with Gasteiger partial charge in [0.1, 0.15) is 17.8 Å². The van der Waals surface area contributed by atoms with Crippen LogP contribution < -0.4 is 0 Å². The summed E-state index contributed by atoms with van der Waals surface area (Å²) in [7, 11) is -1.83. The predicted octanol–water partition coefficient (Wildman–Crippen LogP) is 9.41. The average molecular weight is 825 g/mol. The summed E-state index contributed by atoms with van der Waals surface area (Å²) in [4.78, 5) is 14.9. The van der Waals surface area contributed by atoms with E-state index < -0.39 is 48.7 Å². The van der Waals surface area contributed by atoms with E-state index in [9.17, 15) is 4.79 Å². The van der Waals surface area contributed by atoms with E-state index in [-0.39, 0.29) is 75.6 Å². The molecule has 55 heavy (non-hydrogen) atoms. The Bertz CT molecular complexity index is 1410. The van der Waals surface area contributed by atoms with Crippen molar-refractivity contribution in [3.05, 3.63) is 23.8 Å². The molecule has 9 nitrogen and oxygen atoms in total.